The fourth-order valence-electron chi connectivity index (χ4n) is 1.84. The van der Waals surface area contributed by atoms with E-state index >= 15 is 0 Å². The molecule has 1 saturated heterocycles. The van der Waals surface area contributed by atoms with E-state index in [1.165, 1.54) is 10.6 Å². The Morgan fingerprint density at radius 2 is 2.37 bits per heavy atom. The average Bonchev–Trinajstić information content (AvgIpc) is 2.79. The molecule has 1 aliphatic rings. The molecule has 0 saturated carbocycles. The second-order valence-corrected chi connectivity index (χ2v) is 5.53. The number of carbonyl (C=O) groups excluding carboxylic acids is 1. The number of nitrogens with one attached hydrogen (secondary N) is 1. The van der Waals surface area contributed by atoms with Crippen LogP contribution in [0.25, 0.3) is 0 Å². The van der Waals surface area contributed by atoms with Gasteiger partial charge in [-0.25, -0.2) is 0 Å². The third-order valence-electron chi connectivity index (χ3n) is 2.96. The second-order valence-electron chi connectivity index (χ2n) is 4.62. The van der Waals surface area contributed by atoms with Crippen LogP contribution in [-0.2, 0) is 16.1 Å². The standard InChI is InChI=1S/C12H15BrN2O4/c13-9-1-2-11(17)15(5-9)6-10(16)14-7-12(18)3-4-19-8-12/h1-2,5,18H,3-4,6-8H2,(H,14,16). The number of ether oxygens (including phenoxy) is 1. The molecule has 6 nitrogen and oxygen atoms in total. The van der Waals surface area contributed by atoms with Crippen molar-refractivity contribution >= 4 is 21.8 Å². The molecule has 1 aromatic rings. The fraction of sp³-hybridized carbons (Fsp3) is 0.500. The number of pyridine rings is 1. The summed E-state index contributed by atoms with van der Waals surface area (Å²) in [4.78, 5) is 23.3. The summed E-state index contributed by atoms with van der Waals surface area (Å²) < 4.78 is 7.11. The minimum absolute atomic E-state index is 0.0742. The highest BCUT2D eigenvalue weighted by atomic mass is 79.9. The van der Waals surface area contributed by atoms with Gasteiger partial charge in [-0.2, -0.15) is 0 Å². The number of hydrogen-bond acceptors (Lipinski definition) is 4. The summed E-state index contributed by atoms with van der Waals surface area (Å²) in [6.07, 6.45) is 2.05. The Bertz CT molecular complexity index is 523. The van der Waals surface area contributed by atoms with E-state index in [1.807, 2.05) is 0 Å². The van der Waals surface area contributed by atoms with Gasteiger partial charge in [-0.05, 0) is 22.0 Å². The summed E-state index contributed by atoms with van der Waals surface area (Å²) in [6.45, 7) is 0.783. The summed E-state index contributed by atoms with van der Waals surface area (Å²) in [5.74, 6) is -0.319. The lowest BCUT2D eigenvalue weighted by Crippen LogP contribution is -2.44. The Morgan fingerprint density at radius 3 is 3.05 bits per heavy atom. The monoisotopic (exact) mass is 330 g/mol. The van der Waals surface area contributed by atoms with E-state index in [2.05, 4.69) is 21.2 Å². The number of nitrogens with zero attached hydrogens (tertiary/aromatic N) is 1. The zero-order chi connectivity index (χ0) is 13.9. The van der Waals surface area contributed by atoms with E-state index in [-0.39, 0.29) is 31.2 Å². The van der Waals surface area contributed by atoms with Crippen LogP contribution in [0.4, 0.5) is 0 Å². The molecular formula is C12H15BrN2O4. The van der Waals surface area contributed by atoms with Crippen molar-refractivity contribution in [3.63, 3.8) is 0 Å². The maximum absolute atomic E-state index is 11.7. The van der Waals surface area contributed by atoms with Crippen LogP contribution in [0.2, 0.25) is 0 Å². The van der Waals surface area contributed by atoms with Gasteiger partial charge >= 0.3 is 0 Å². The molecule has 2 heterocycles. The van der Waals surface area contributed by atoms with Gasteiger partial charge in [0.1, 0.15) is 12.1 Å². The lowest BCUT2D eigenvalue weighted by atomic mass is 10.0. The fourth-order valence-corrected chi connectivity index (χ4v) is 2.21. The van der Waals surface area contributed by atoms with Gasteiger partial charge in [-0.15, -0.1) is 0 Å². The Hall–Kier alpha value is -1.18. The van der Waals surface area contributed by atoms with Gasteiger partial charge in [0.25, 0.3) is 5.56 Å². The molecule has 0 spiro atoms. The van der Waals surface area contributed by atoms with Crippen molar-refractivity contribution < 1.29 is 14.6 Å². The summed E-state index contributed by atoms with van der Waals surface area (Å²) >= 11 is 3.24. The molecule has 0 aliphatic carbocycles. The van der Waals surface area contributed by atoms with Gasteiger partial charge < -0.3 is 19.7 Å². The van der Waals surface area contributed by atoms with Gasteiger partial charge in [0.05, 0.1) is 6.61 Å². The molecule has 19 heavy (non-hydrogen) atoms. The van der Waals surface area contributed by atoms with Crippen LogP contribution in [0.15, 0.2) is 27.6 Å². The zero-order valence-electron chi connectivity index (χ0n) is 10.3. The third-order valence-corrected chi connectivity index (χ3v) is 3.43. The van der Waals surface area contributed by atoms with Gasteiger partial charge in [0, 0.05) is 36.3 Å². The smallest absolute Gasteiger partial charge is 0.251 e. The molecule has 1 aromatic heterocycles. The zero-order valence-corrected chi connectivity index (χ0v) is 11.9. The number of carbonyl (C=O) groups is 1. The minimum atomic E-state index is -0.988. The van der Waals surface area contributed by atoms with E-state index < -0.39 is 5.60 Å². The van der Waals surface area contributed by atoms with E-state index in [4.69, 9.17) is 4.74 Å². The summed E-state index contributed by atoms with van der Waals surface area (Å²) in [5.41, 5.74) is -1.24. The van der Waals surface area contributed by atoms with Crippen LogP contribution in [0.3, 0.4) is 0 Å². The normalized spacial score (nSPS) is 22.4. The van der Waals surface area contributed by atoms with Crippen molar-refractivity contribution in [2.45, 2.75) is 18.6 Å². The van der Waals surface area contributed by atoms with Crippen LogP contribution in [0.1, 0.15) is 6.42 Å². The number of halogens is 1. The van der Waals surface area contributed by atoms with Crippen LogP contribution in [-0.4, -0.2) is 40.9 Å². The molecule has 0 radical (unpaired) electrons. The van der Waals surface area contributed by atoms with Gasteiger partial charge in [-0.3, -0.25) is 9.59 Å². The predicted octanol–water partition coefficient (Wildman–Crippen LogP) is -0.122. The van der Waals surface area contributed by atoms with Crippen LogP contribution in [0, 0.1) is 0 Å². The molecule has 1 fully saturated rings. The van der Waals surface area contributed by atoms with Gasteiger partial charge in [-0.1, -0.05) is 0 Å². The second kappa shape index (κ2) is 5.85. The number of rotatable bonds is 4. The molecule has 2 rings (SSSR count). The highest BCUT2D eigenvalue weighted by molar-refractivity contribution is 9.10. The van der Waals surface area contributed by atoms with Gasteiger partial charge in [0.15, 0.2) is 0 Å². The topological polar surface area (TPSA) is 80.6 Å². The molecule has 1 amide bonds. The quantitative estimate of drug-likeness (QED) is 0.806. The SMILES string of the molecule is O=C(Cn1cc(Br)ccc1=O)NCC1(O)CCOC1. The minimum Gasteiger partial charge on any atom is -0.386 e. The van der Waals surface area contributed by atoms with Crippen LogP contribution in [0.5, 0.6) is 0 Å². The molecular weight excluding hydrogens is 316 g/mol. The predicted molar refractivity (Wildman–Crippen MR) is 71.8 cm³/mol. The Morgan fingerprint density at radius 1 is 1.58 bits per heavy atom. The van der Waals surface area contributed by atoms with Crippen molar-refractivity contribution in [1.29, 1.82) is 0 Å². The summed E-state index contributed by atoms with van der Waals surface area (Å²) in [7, 11) is 0. The number of amides is 1. The van der Waals surface area contributed by atoms with E-state index in [0.29, 0.717) is 13.0 Å². The molecule has 1 unspecified atom stereocenters. The number of hydrogen-bond donors (Lipinski definition) is 2. The Balaban J connectivity index is 1.90. The van der Waals surface area contributed by atoms with Crippen LogP contribution < -0.4 is 10.9 Å². The molecule has 0 bridgehead atoms. The first kappa shape index (κ1) is 14.2. The molecule has 2 N–H and O–H groups in total. The lowest BCUT2D eigenvalue weighted by molar-refractivity contribution is -0.123. The van der Waals surface area contributed by atoms with Gasteiger partial charge in [0.2, 0.25) is 5.91 Å². The first-order valence-electron chi connectivity index (χ1n) is 5.91. The molecule has 1 atom stereocenters. The first-order valence-corrected chi connectivity index (χ1v) is 6.71. The van der Waals surface area contributed by atoms with Crippen molar-refractivity contribution in [3.05, 3.63) is 33.2 Å². The van der Waals surface area contributed by atoms with E-state index in [9.17, 15) is 14.7 Å². The van der Waals surface area contributed by atoms with Crippen molar-refractivity contribution in [2.75, 3.05) is 19.8 Å². The first-order chi connectivity index (χ1) is 8.98. The highest BCUT2D eigenvalue weighted by Gasteiger charge is 2.32. The molecule has 0 aromatic carbocycles. The maximum atomic E-state index is 11.7. The summed E-state index contributed by atoms with van der Waals surface area (Å²) in [6, 6.07) is 3.00. The summed E-state index contributed by atoms with van der Waals surface area (Å²) in [5, 5.41) is 12.6. The van der Waals surface area contributed by atoms with E-state index in [0.717, 1.165) is 4.47 Å². The maximum Gasteiger partial charge on any atom is 0.251 e. The van der Waals surface area contributed by atoms with E-state index in [1.54, 1.807) is 12.3 Å². The average molecular weight is 331 g/mol. The van der Waals surface area contributed by atoms with Crippen molar-refractivity contribution in [1.82, 2.24) is 9.88 Å². The largest absolute Gasteiger partial charge is 0.386 e. The number of aliphatic hydroxyl groups is 1. The molecule has 1 aliphatic heterocycles. The molecule has 104 valence electrons. The van der Waals surface area contributed by atoms with Crippen molar-refractivity contribution in [3.8, 4) is 0 Å². The van der Waals surface area contributed by atoms with Crippen molar-refractivity contribution in [2.24, 2.45) is 0 Å². The third kappa shape index (κ3) is 3.89. The Kier molecular flexibility index (Phi) is 4.38. The number of aromatic nitrogens is 1. The highest BCUT2D eigenvalue weighted by Crippen LogP contribution is 2.16. The van der Waals surface area contributed by atoms with Crippen LogP contribution >= 0.6 is 15.9 Å². The Labute approximate surface area is 118 Å². The molecule has 7 heteroatoms. The lowest BCUT2D eigenvalue weighted by Gasteiger charge is -2.20.